The van der Waals surface area contributed by atoms with E-state index in [9.17, 15) is 13.2 Å². The summed E-state index contributed by atoms with van der Waals surface area (Å²) in [5.74, 6) is 1.51. The van der Waals surface area contributed by atoms with Crippen molar-refractivity contribution in [1.29, 1.82) is 0 Å². The average Bonchev–Trinajstić information content (AvgIpc) is 3.26. The number of hydrogen-bond acceptors (Lipinski definition) is 6. The highest BCUT2D eigenvalue weighted by Gasteiger charge is 2.34. The van der Waals surface area contributed by atoms with Gasteiger partial charge in [0.15, 0.2) is 5.76 Å². The van der Waals surface area contributed by atoms with E-state index in [1.54, 1.807) is 12.1 Å². The molecule has 9 heteroatoms. The van der Waals surface area contributed by atoms with Crippen LogP contribution in [-0.2, 0) is 12.7 Å². The van der Waals surface area contributed by atoms with Crippen LogP contribution >= 0.6 is 0 Å². The Morgan fingerprint density at radius 3 is 2.52 bits per heavy atom. The van der Waals surface area contributed by atoms with Crippen molar-refractivity contribution < 1.29 is 17.7 Å². The summed E-state index contributed by atoms with van der Waals surface area (Å²) in [4.78, 5) is 9.04. The molecule has 2 aromatic heterocycles. The minimum atomic E-state index is -4.44. The van der Waals surface area contributed by atoms with Crippen LogP contribution in [0.15, 0.2) is 59.3 Å². The topological polar surface area (TPSA) is 57.4 Å². The molecule has 1 saturated heterocycles. The molecule has 31 heavy (non-hydrogen) atoms. The van der Waals surface area contributed by atoms with Gasteiger partial charge in [0, 0.05) is 57.1 Å². The molecule has 0 unspecified atom stereocenters. The van der Waals surface area contributed by atoms with Crippen LogP contribution in [-0.4, -0.2) is 54.3 Å². The minimum absolute atomic E-state index is 0.0239. The number of halogens is 3. The molecule has 1 aliphatic heterocycles. The number of nitrogens with one attached hydrogen (secondary N) is 1. The van der Waals surface area contributed by atoms with Crippen LogP contribution in [0.1, 0.15) is 11.3 Å². The van der Waals surface area contributed by atoms with Crippen molar-refractivity contribution in [3.8, 4) is 11.3 Å². The third kappa shape index (κ3) is 5.42. The first-order valence-corrected chi connectivity index (χ1v) is 10.2. The Morgan fingerprint density at radius 1 is 1.00 bits per heavy atom. The molecule has 1 aliphatic rings. The number of piperazine rings is 1. The summed E-state index contributed by atoms with van der Waals surface area (Å²) in [7, 11) is 0. The van der Waals surface area contributed by atoms with Gasteiger partial charge in [0.2, 0.25) is 0 Å². The highest BCUT2D eigenvalue weighted by molar-refractivity contribution is 5.64. The van der Waals surface area contributed by atoms with Crippen molar-refractivity contribution >= 4 is 5.82 Å². The molecule has 1 aromatic carbocycles. The van der Waals surface area contributed by atoms with Gasteiger partial charge in [-0.25, -0.2) is 4.98 Å². The number of benzene rings is 1. The highest BCUT2D eigenvalue weighted by Crippen LogP contribution is 2.36. The lowest BCUT2D eigenvalue weighted by molar-refractivity contribution is -0.137. The van der Waals surface area contributed by atoms with Crippen molar-refractivity contribution in [1.82, 2.24) is 20.4 Å². The van der Waals surface area contributed by atoms with Gasteiger partial charge in [-0.2, -0.15) is 13.2 Å². The smallest absolute Gasteiger partial charge is 0.359 e. The Labute approximate surface area is 178 Å². The van der Waals surface area contributed by atoms with E-state index in [0.29, 0.717) is 12.3 Å². The molecule has 164 valence electrons. The molecule has 0 amide bonds. The fourth-order valence-corrected chi connectivity index (χ4v) is 3.67. The molecule has 0 radical (unpaired) electrons. The van der Waals surface area contributed by atoms with Gasteiger partial charge in [-0.05, 0) is 18.2 Å². The lowest BCUT2D eigenvalue weighted by Crippen LogP contribution is -2.48. The maximum Gasteiger partial charge on any atom is 0.417 e. The van der Waals surface area contributed by atoms with Gasteiger partial charge < -0.3 is 14.7 Å². The predicted octanol–water partition coefficient (Wildman–Crippen LogP) is 3.67. The second-order valence-electron chi connectivity index (χ2n) is 7.42. The fraction of sp³-hybridized carbons (Fsp3) is 0.364. The summed E-state index contributed by atoms with van der Waals surface area (Å²) in [6.45, 7) is 5.82. The van der Waals surface area contributed by atoms with E-state index in [1.807, 2.05) is 24.4 Å². The van der Waals surface area contributed by atoms with Crippen LogP contribution in [0.2, 0.25) is 0 Å². The number of alkyl halides is 3. The fourth-order valence-electron chi connectivity index (χ4n) is 3.67. The summed E-state index contributed by atoms with van der Waals surface area (Å²) >= 11 is 0. The van der Waals surface area contributed by atoms with Gasteiger partial charge >= 0.3 is 6.18 Å². The molecule has 0 spiro atoms. The molecular formula is C22H24F3N5O. The van der Waals surface area contributed by atoms with Crippen LogP contribution in [0, 0.1) is 0 Å². The summed E-state index contributed by atoms with van der Waals surface area (Å²) in [6.07, 6.45) is -2.63. The molecule has 0 saturated carbocycles. The normalized spacial score (nSPS) is 15.4. The molecule has 1 fully saturated rings. The Hall–Kier alpha value is -2.91. The molecule has 1 N–H and O–H groups in total. The average molecular weight is 431 g/mol. The molecule has 0 aliphatic carbocycles. The van der Waals surface area contributed by atoms with Crippen molar-refractivity contribution in [2.45, 2.75) is 12.7 Å². The van der Waals surface area contributed by atoms with E-state index in [-0.39, 0.29) is 11.3 Å². The lowest BCUT2D eigenvalue weighted by atomic mass is 10.0. The molecular weight excluding hydrogens is 407 g/mol. The first-order chi connectivity index (χ1) is 15.0. The third-order valence-corrected chi connectivity index (χ3v) is 5.32. The van der Waals surface area contributed by atoms with Crippen LogP contribution in [0.5, 0.6) is 0 Å². The van der Waals surface area contributed by atoms with Crippen molar-refractivity contribution in [2.75, 3.05) is 44.2 Å². The number of pyridine rings is 1. The zero-order valence-corrected chi connectivity index (χ0v) is 17.0. The summed E-state index contributed by atoms with van der Waals surface area (Å²) < 4.78 is 44.8. The molecule has 3 aromatic rings. The maximum atomic E-state index is 13.2. The molecule has 0 atom stereocenters. The minimum Gasteiger partial charge on any atom is -0.359 e. The SMILES string of the molecule is FC(F)(F)c1ccccc1-c1cc(CNCCN2CCN(c3ccccn3)CC2)on1. The Balaban J connectivity index is 1.23. The third-order valence-electron chi connectivity index (χ3n) is 5.32. The predicted molar refractivity (Wildman–Crippen MR) is 112 cm³/mol. The lowest BCUT2D eigenvalue weighted by Gasteiger charge is -2.35. The maximum absolute atomic E-state index is 13.2. The largest absolute Gasteiger partial charge is 0.417 e. The summed E-state index contributed by atoms with van der Waals surface area (Å²) in [6, 6.07) is 12.9. The zero-order valence-electron chi connectivity index (χ0n) is 17.0. The molecule has 4 rings (SSSR count). The molecule has 0 bridgehead atoms. The summed E-state index contributed by atoms with van der Waals surface area (Å²) in [5.41, 5.74) is -0.501. The Morgan fingerprint density at radius 2 is 1.77 bits per heavy atom. The Kier molecular flexibility index (Phi) is 6.53. The Bertz CT molecular complexity index is 969. The van der Waals surface area contributed by atoms with Gasteiger partial charge in [0.1, 0.15) is 11.5 Å². The standard InChI is InChI=1S/C22H24F3N5O/c23-22(24,25)19-6-2-1-5-18(19)20-15-17(31-28-20)16-26-9-10-29-11-13-30(14-12-29)21-7-3-4-8-27-21/h1-8,15,26H,9-14,16H2. The van der Waals surface area contributed by atoms with E-state index in [2.05, 4.69) is 25.3 Å². The van der Waals surface area contributed by atoms with Crippen LogP contribution in [0.25, 0.3) is 11.3 Å². The zero-order chi connectivity index (χ0) is 21.7. The van der Waals surface area contributed by atoms with Crippen molar-refractivity contribution in [2.24, 2.45) is 0 Å². The number of rotatable bonds is 7. The van der Waals surface area contributed by atoms with Gasteiger partial charge in [-0.1, -0.05) is 29.4 Å². The second-order valence-corrected chi connectivity index (χ2v) is 7.42. The van der Waals surface area contributed by atoms with Crippen LogP contribution < -0.4 is 10.2 Å². The number of nitrogens with zero attached hydrogens (tertiary/aromatic N) is 4. The summed E-state index contributed by atoms with van der Waals surface area (Å²) in [5, 5.41) is 7.11. The number of aromatic nitrogens is 2. The van der Waals surface area contributed by atoms with E-state index in [1.165, 1.54) is 12.1 Å². The highest BCUT2D eigenvalue weighted by atomic mass is 19.4. The van der Waals surface area contributed by atoms with Crippen molar-refractivity contribution in [3.63, 3.8) is 0 Å². The van der Waals surface area contributed by atoms with Crippen molar-refractivity contribution in [3.05, 3.63) is 66.1 Å². The second kappa shape index (κ2) is 9.49. The van der Waals surface area contributed by atoms with E-state index in [0.717, 1.165) is 51.2 Å². The van der Waals surface area contributed by atoms with E-state index in [4.69, 9.17) is 4.52 Å². The van der Waals surface area contributed by atoms with E-state index >= 15 is 0 Å². The first kappa shape index (κ1) is 21.3. The van der Waals surface area contributed by atoms with Gasteiger partial charge in [-0.15, -0.1) is 0 Å². The first-order valence-electron chi connectivity index (χ1n) is 10.2. The molecule has 3 heterocycles. The van der Waals surface area contributed by atoms with Gasteiger partial charge in [0.05, 0.1) is 12.1 Å². The molecule has 6 nitrogen and oxygen atoms in total. The van der Waals surface area contributed by atoms with Crippen LogP contribution in [0.4, 0.5) is 19.0 Å². The van der Waals surface area contributed by atoms with Gasteiger partial charge in [-0.3, -0.25) is 4.90 Å². The number of anilines is 1. The monoisotopic (exact) mass is 431 g/mol. The number of hydrogen-bond donors (Lipinski definition) is 1. The quantitative estimate of drug-likeness (QED) is 0.576. The van der Waals surface area contributed by atoms with E-state index < -0.39 is 11.7 Å². The van der Waals surface area contributed by atoms with Gasteiger partial charge in [0.25, 0.3) is 0 Å². The van der Waals surface area contributed by atoms with Crippen LogP contribution in [0.3, 0.4) is 0 Å².